The fourth-order valence-corrected chi connectivity index (χ4v) is 2.82. The summed E-state index contributed by atoms with van der Waals surface area (Å²) >= 11 is 1.63. The average Bonchev–Trinajstić information content (AvgIpc) is 3.14. The third-order valence-corrected chi connectivity index (χ3v) is 4.09. The molecule has 5 nitrogen and oxygen atoms in total. The van der Waals surface area contributed by atoms with Crippen molar-refractivity contribution in [3.63, 3.8) is 0 Å². The van der Waals surface area contributed by atoms with Gasteiger partial charge in [-0.2, -0.15) is 0 Å². The number of aryl methyl sites for hydroxylation is 1. The van der Waals surface area contributed by atoms with Crippen LogP contribution in [0.2, 0.25) is 0 Å². The van der Waals surface area contributed by atoms with E-state index >= 15 is 0 Å². The number of thiophene rings is 1. The molecule has 0 fully saturated rings. The van der Waals surface area contributed by atoms with Gasteiger partial charge >= 0.3 is 0 Å². The molecule has 1 N–H and O–H groups in total. The van der Waals surface area contributed by atoms with Crippen molar-refractivity contribution in [2.45, 2.75) is 26.4 Å². The number of carbonyl (C=O) groups is 1. The molecule has 0 atom stereocenters. The first-order valence-corrected chi connectivity index (χ1v) is 7.79. The van der Waals surface area contributed by atoms with E-state index in [-0.39, 0.29) is 5.91 Å². The number of nitrogens with zero attached hydrogens (tertiary/aromatic N) is 3. The van der Waals surface area contributed by atoms with Gasteiger partial charge in [0.05, 0.1) is 12.1 Å². The first-order valence-electron chi connectivity index (χ1n) is 6.91. The third-order valence-electron chi connectivity index (χ3n) is 3.21. The van der Waals surface area contributed by atoms with Gasteiger partial charge in [-0.1, -0.05) is 18.2 Å². The van der Waals surface area contributed by atoms with Crippen LogP contribution in [0.25, 0.3) is 11.0 Å². The number of hydrogen-bond donors (Lipinski definition) is 1. The first kappa shape index (κ1) is 13.8. The molecule has 21 heavy (non-hydrogen) atoms. The van der Waals surface area contributed by atoms with Crippen LogP contribution in [0.15, 0.2) is 35.7 Å². The predicted octanol–water partition coefficient (Wildman–Crippen LogP) is 2.83. The maximum absolute atomic E-state index is 12.2. The summed E-state index contributed by atoms with van der Waals surface area (Å²) in [4.78, 5) is 13.3. The Hall–Kier alpha value is -2.21. The van der Waals surface area contributed by atoms with Gasteiger partial charge in [-0.15, -0.1) is 16.4 Å². The SMILES string of the molecule is CCCn1nnc2cc(C(=O)NCc3cccs3)ccc21. The second-order valence-corrected chi connectivity index (χ2v) is 5.81. The van der Waals surface area contributed by atoms with Crippen molar-refractivity contribution in [1.82, 2.24) is 20.3 Å². The molecule has 1 aromatic carbocycles. The second kappa shape index (κ2) is 6.05. The van der Waals surface area contributed by atoms with E-state index in [9.17, 15) is 4.79 Å². The molecule has 6 heteroatoms. The van der Waals surface area contributed by atoms with E-state index in [1.54, 1.807) is 17.4 Å². The number of benzene rings is 1. The van der Waals surface area contributed by atoms with E-state index < -0.39 is 0 Å². The smallest absolute Gasteiger partial charge is 0.251 e. The molecular weight excluding hydrogens is 284 g/mol. The monoisotopic (exact) mass is 300 g/mol. The normalized spacial score (nSPS) is 10.9. The summed E-state index contributed by atoms with van der Waals surface area (Å²) in [6, 6.07) is 9.50. The summed E-state index contributed by atoms with van der Waals surface area (Å²) in [5.41, 5.74) is 2.33. The highest BCUT2D eigenvalue weighted by molar-refractivity contribution is 7.09. The minimum absolute atomic E-state index is 0.0876. The quantitative estimate of drug-likeness (QED) is 0.788. The van der Waals surface area contributed by atoms with E-state index in [1.165, 1.54) is 0 Å². The van der Waals surface area contributed by atoms with Crippen molar-refractivity contribution in [1.29, 1.82) is 0 Å². The number of rotatable bonds is 5. The summed E-state index contributed by atoms with van der Waals surface area (Å²) in [5, 5.41) is 13.1. The molecule has 0 aliphatic rings. The van der Waals surface area contributed by atoms with Gasteiger partial charge in [0.1, 0.15) is 5.52 Å². The lowest BCUT2D eigenvalue weighted by Gasteiger charge is -2.04. The lowest BCUT2D eigenvalue weighted by atomic mass is 10.2. The Kier molecular flexibility index (Phi) is 3.96. The summed E-state index contributed by atoms with van der Waals surface area (Å²) in [6.07, 6.45) is 1.00. The van der Waals surface area contributed by atoms with E-state index in [0.29, 0.717) is 12.1 Å². The van der Waals surface area contributed by atoms with Gasteiger partial charge in [-0.3, -0.25) is 4.79 Å². The van der Waals surface area contributed by atoms with Crippen molar-refractivity contribution < 1.29 is 4.79 Å². The van der Waals surface area contributed by atoms with Crippen molar-refractivity contribution in [2.24, 2.45) is 0 Å². The molecular formula is C15H16N4OS. The highest BCUT2D eigenvalue weighted by Gasteiger charge is 2.10. The Labute approximate surface area is 126 Å². The Morgan fingerprint density at radius 3 is 3.05 bits per heavy atom. The molecule has 0 saturated heterocycles. The number of fused-ring (bicyclic) bond motifs is 1. The molecule has 0 radical (unpaired) electrons. The maximum Gasteiger partial charge on any atom is 0.251 e. The van der Waals surface area contributed by atoms with Crippen molar-refractivity contribution >= 4 is 28.3 Å². The fraction of sp³-hybridized carbons (Fsp3) is 0.267. The molecule has 0 saturated carbocycles. The molecule has 0 bridgehead atoms. The van der Waals surface area contributed by atoms with Crippen LogP contribution in [0, 0.1) is 0 Å². The predicted molar refractivity (Wildman–Crippen MR) is 83.3 cm³/mol. The lowest BCUT2D eigenvalue weighted by molar-refractivity contribution is 0.0951. The number of nitrogens with one attached hydrogen (secondary N) is 1. The molecule has 2 aromatic heterocycles. The van der Waals surface area contributed by atoms with Crippen LogP contribution in [0.3, 0.4) is 0 Å². The zero-order valence-corrected chi connectivity index (χ0v) is 12.6. The molecule has 0 aliphatic heterocycles. The standard InChI is InChI=1S/C15H16N4OS/c1-2-7-19-14-6-5-11(9-13(14)17-18-19)15(20)16-10-12-4-3-8-21-12/h3-6,8-9H,2,7,10H2,1H3,(H,16,20). The number of aromatic nitrogens is 3. The Balaban J connectivity index is 1.75. The van der Waals surface area contributed by atoms with Gasteiger partial charge in [-0.25, -0.2) is 4.68 Å². The topological polar surface area (TPSA) is 59.8 Å². The van der Waals surface area contributed by atoms with Crippen LogP contribution >= 0.6 is 11.3 Å². The first-order chi connectivity index (χ1) is 10.3. The maximum atomic E-state index is 12.2. The van der Waals surface area contributed by atoms with Crippen LogP contribution in [0.4, 0.5) is 0 Å². The Bertz CT molecular complexity index is 748. The number of amides is 1. The number of hydrogen-bond acceptors (Lipinski definition) is 4. The third kappa shape index (κ3) is 2.95. The van der Waals surface area contributed by atoms with Gasteiger partial charge in [0.15, 0.2) is 0 Å². The molecule has 2 heterocycles. The molecule has 1 amide bonds. The van der Waals surface area contributed by atoms with Gasteiger partial charge in [0.2, 0.25) is 0 Å². The highest BCUT2D eigenvalue weighted by Crippen LogP contribution is 2.14. The Morgan fingerprint density at radius 1 is 1.38 bits per heavy atom. The van der Waals surface area contributed by atoms with Crippen molar-refractivity contribution in [3.05, 3.63) is 46.2 Å². The molecule has 0 unspecified atom stereocenters. The largest absolute Gasteiger partial charge is 0.347 e. The summed E-state index contributed by atoms with van der Waals surface area (Å²) < 4.78 is 1.86. The fourth-order valence-electron chi connectivity index (χ4n) is 2.17. The molecule has 0 aliphatic carbocycles. The summed E-state index contributed by atoms with van der Waals surface area (Å²) in [6.45, 7) is 3.48. The summed E-state index contributed by atoms with van der Waals surface area (Å²) in [7, 11) is 0. The second-order valence-electron chi connectivity index (χ2n) is 4.78. The lowest BCUT2D eigenvalue weighted by Crippen LogP contribution is -2.22. The zero-order valence-electron chi connectivity index (χ0n) is 11.7. The van der Waals surface area contributed by atoms with Gasteiger partial charge < -0.3 is 5.32 Å². The van der Waals surface area contributed by atoms with Crippen LogP contribution in [-0.4, -0.2) is 20.9 Å². The van der Waals surface area contributed by atoms with Crippen LogP contribution in [0.1, 0.15) is 28.6 Å². The minimum atomic E-state index is -0.0876. The molecule has 0 spiro atoms. The molecule has 3 aromatic rings. The van der Waals surface area contributed by atoms with E-state index in [4.69, 9.17) is 0 Å². The van der Waals surface area contributed by atoms with Crippen molar-refractivity contribution in [2.75, 3.05) is 0 Å². The van der Waals surface area contributed by atoms with Crippen molar-refractivity contribution in [3.8, 4) is 0 Å². The minimum Gasteiger partial charge on any atom is -0.347 e. The highest BCUT2D eigenvalue weighted by atomic mass is 32.1. The number of carbonyl (C=O) groups excluding carboxylic acids is 1. The van der Waals surface area contributed by atoms with Gasteiger partial charge in [-0.05, 0) is 36.1 Å². The summed E-state index contributed by atoms with van der Waals surface area (Å²) in [5.74, 6) is -0.0876. The zero-order chi connectivity index (χ0) is 14.7. The van der Waals surface area contributed by atoms with Crippen LogP contribution < -0.4 is 5.32 Å². The van der Waals surface area contributed by atoms with Gasteiger partial charge in [0.25, 0.3) is 5.91 Å². The average molecular weight is 300 g/mol. The van der Waals surface area contributed by atoms with Crippen LogP contribution in [-0.2, 0) is 13.1 Å². The van der Waals surface area contributed by atoms with E-state index in [2.05, 4.69) is 22.6 Å². The van der Waals surface area contributed by atoms with E-state index in [0.717, 1.165) is 28.9 Å². The Morgan fingerprint density at radius 2 is 2.29 bits per heavy atom. The molecule has 108 valence electrons. The molecule has 3 rings (SSSR count). The van der Waals surface area contributed by atoms with Crippen LogP contribution in [0.5, 0.6) is 0 Å². The van der Waals surface area contributed by atoms with E-state index in [1.807, 2.05) is 34.3 Å². The van der Waals surface area contributed by atoms with Gasteiger partial charge in [0, 0.05) is 17.0 Å².